The topological polar surface area (TPSA) is 20.2 Å². The second-order valence-corrected chi connectivity index (χ2v) is 6.08. The quantitative estimate of drug-likeness (QED) is 0.266. The zero-order valence-electron chi connectivity index (χ0n) is 14.2. The molecule has 0 saturated carbocycles. The number of halogens is 1. The normalized spacial score (nSPS) is 11.4. The van der Waals surface area contributed by atoms with E-state index in [1.54, 1.807) is 0 Å². The maximum Gasteiger partial charge on any atom is 0.0787 e. The van der Waals surface area contributed by atoms with E-state index < -0.39 is 0 Å². The fraction of sp³-hybridized carbons (Fsp3) is 1.00. The molecule has 0 fully saturated rings. The number of unbranched alkanes of at least 4 members (excludes halogenated alkanes) is 5. The van der Waals surface area contributed by atoms with Crippen molar-refractivity contribution in [2.24, 2.45) is 0 Å². The molecule has 0 aromatic heterocycles. The maximum atomic E-state index is 9.02. The van der Waals surface area contributed by atoms with Gasteiger partial charge < -0.3 is 33.6 Å². The predicted molar refractivity (Wildman–Crippen MR) is 85.4 cm³/mol. The smallest absolute Gasteiger partial charge is 0.0787 e. The minimum absolute atomic E-state index is 0. The van der Waals surface area contributed by atoms with Crippen molar-refractivity contribution in [1.29, 1.82) is 0 Å². The van der Waals surface area contributed by atoms with E-state index in [-0.39, 0.29) is 24.0 Å². The summed E-state index contributed by atoms with van der Waals surface area (Å²) in [7, 11) is 0. The number of aliphatic hydroxyl groups is 1. The van der Waals surface area contributed by atoms with E-state index in [2.05, 4.69) is 20.8 Å². The fourth-order valence-corrected chi connectivity index (χ4v) is 2.91. The molecule has 0 aromatic rings. The van der Waals surface area contributed by atoms with E-state index in [0.717, 1.165) is 6.42 Å². The van der Waals surface area contributed by atoms with Crippen LogP contribution in [0, 0.1) is 0 Å². The Morgan fingerprint density at radius 1 is 0.600 bits per heavy atom. The highest BCUT2D eigenvalue weighted by Crippen LogP contribution is 2.17. The van der Waals surface area contributed by atoms with Gasteiger partial charge in [-0.2, -0.15) is 0 Å². The number of aliphatic hydroxyl groups excluding tert-OH is 1. The highest BCUT2D eigenvalue weighted by atomic mass is 127. The molecule has 0 rings (SSSR count). The van der Waals surface area contributed by atoms with Gasteiger partial charge in [0, 0.05) is 6.61 Å². The third-order valence-electron chi connectivity index (χ3n) is 4.25. The summed E-state index contributed by atoms with van der Waals surface area (Å²) >= 11 is 0. The highest BCUT2D eigenvalue weighted by molar-refractivity contribution is 4.50. The molecule has 0 amide bonds. The first-order chi connectivity index (χ1) is 9.24. The van der Waals surface area contributed by atoms with Crippen molar-refractivity contribution in [3.8, 4) is 0 Å². The molecule has 0 unspecified atom stereocenters. The van der Waals surface area contributed by atoms with Crippen LogP contribution in [0.4, 0.5) is 0 Å². The Bertz CT molecular complexity index is 168. The van der Waals surface area contributed by atoms with Crippen molar-refractivity contribution in [3.63, 3.8) is 0 Å². The van der Waals surface area contributed by atoms with E-state index >= 15 is 0 Å². The largest absolute Gasteiger partial charge is 1.00 e. The van der Waals surface area contributed by atoms with E-state index in [1.165, 1.54) is 82.0 Å². The minimum atomic E-state index is 0. The fourth-order valence-electron chi connectivity index (χ4n) is 2.91. The molecule has 20 heavy (non-hydrogen) atoms. The summed E-state index contributed by atoms with van der Waals surface area (Å²) in [5.41, 5.74) is 0. The van der Waals surface area contributed by atoms with Gasteiger partial charge in [-0.1, -0.05) is 40.0 Å². The molecule has 0 aliphatic rings. The van der Waals surface area contributed by atoms with Crippen LogP contribution in [-0.2, 0) is 0 Å². The van der Waals surface area contributed by atoms with Crippen LogP contribution in [0.1, 0.15) is 78.6 Å². The van der Waals surface area contributed by atoms with Crippen LogP contribution in [0.3, 0.4) is 0 Å². The Labute approximate surface area is 144 Å². The molecule has 0 aliphatic heterocycles. The first kappa shape index (κ1) is 22.9. The van der Waals surface area contributed by atoms with Gasteiger partial charge in [0.15, 0.2) is 0 Å². The zero-order valence-corrected chi connectivity index (χ0v) is 16.3. The van der Waals surface area contributed by atoms with Crippen LogP contribution in [0.25, 0.3) is 0 Å². The van der Waals surface area contributed by atoms with Crippen LogP contribution < -0.4 is 24.0 Å². The molecule has 1 N–H and O–H groups in total. The van der Waals surface area contributed by atoms with Gasteiger partial charge in [-0.15, -0.1) is 0 Å². The third kappa shape index (κ3) is 11.3. The third-order valence-corrected chi connectivity index (χ3v) is 4.25. The van der Waals surface area contributed by atoms with Crippen LogP contribution in [0.5, 0.6) is 0 Å². The van der Waals surface area contributed by atoms with Gasteiger partial charge in [0.1, 0.15) is 0 Å². The van der Waals surface area contributed by atoms with Gasteiger partial charge in [0.2, 0.25) is 0 Å². The molecule has 3 heteroatoms. The molecule has 124 valence electrons. The van der Waals surface area contributed by atoms with Gasteiger partial charge in [-0.3, -0.25) is 0 Å². The van der Waals surface area contributed by atoms with Crippen LogP contribution in [0.15, 0.2) is 0 Å². The lowest BCUT2D eigenvalue weighted by Crippen LogP contribution is -3.00. The molecule has 0 aromatic carbocycles. The second kappa shape index (κ2) is 16.0. The summed E-state index contributed by atoms with van der Waals surface area (Å²) in [4.78, 5) is 0. The van der Waals surface area contributed by atoms with Gasteiger partial charge in [-0.25, -0.2) is 0 Å². The standard InChI is InChI=1S/C17H38NO.HI/c1-4-7-10-15-18(13-8-5-2,14-9-6-3)16-11-12-17-19;/h19H,4-17H2,1-3H3;1H/q+1;/p-1. The second-order valence-electron chi connectivity index (χ2n) is 6.08. The van der Waals surface area contributed by atoms with E-state index in [0.29, 0.717) is 6.61 Å². The van der Waals surface area contributed by atoms with Gasteiger partial charge in [0.05, 0.1) is 26.2 Å². The summed E-state index contributed by atoms with van der Waals surface area (Å²) in [6.45, 7) is 12.6. The molecule has 0 radical (unpaired) electrons. The maximum absolute atomic E-state index is 9.02. The summed E-state index contributed by atoms with van der Waals surface area (Å²) in [6, 6.07) is 0. The molecule has 0 bridgehead atoms. The van der Waals surface area contributed by atoms with Gasteiger partial charge >= 0.3 is 0 Å². The van der Waals surface area contributed by atoms with Crippen LogP contribution in [0.2, 0.25) is 0 Å². The van der Waals surface area contributed by atoms with Gasteiger partial charge in [0.25, 0.3) is 0 Å². The average molecular weight is 399 g/mol. The summed E-state index contributed by atoms with van der Waals surface area (Å²) in [5, 5.41) is 9.02. The monoisotopic (exact) mass is 399 g/mol. The molecule has 0 atom stereocenters. The lowest BCUT2D eigenvalue weighted by molar-refractivity contribution is -0.929. The number of hydrogen-bond donors (Lipinski definition) is 1. The van der Waals surface area contributed by atoms with Crippen molar-refractivity contribution >= 4 is 0 Å². The van der Waals surface area contributed by atoms with Crippen molar-refractivity contribution in [2.45, 2.75) is 78.6 Å². The van der Waals surface area contributed by atoms with Crippen molar-refractivity contribution in [2.75, 3.05) is 32.8 Å². The number of nitrogens with zero attached hydrogens (tertiary/aromatic N) is 1. The summed E-state index contributed by atoms with van der Waals surface area (Å²) in [6.07, 6.45) is 11.6. The molecule has 2 nitrogen and oxygen atoms in total. The Hall–Kier alpha value is 0.650. The average Bonchev–Trinajstić information content (AvgIpc) is 2.43. The van der Waals surface area contributed by atoms with Crippen LogP contribution in [-0.4, -0.2) is 42.4 Å². The highest BCUT2D eigenvalue weighted by Gasteiger charge is 2.25. The summed E-state index contributed by atoms with van der Waals surface area (Å²) < 4.78 is 1.32. The zero-order chi connectivity index (χ0) is 14.4. The number of hydrogen-bond acceptors (Lipinski definition) is 1. The molecule has 0 heterocycles. The Kier molecular flexibility index (Phi) is 18.4. The Morgan fingerprint density at radius 3 is 1.40 bits per heavy atom. The van der Waals surface area contributed by atoms with Gasteiger partial charge in [-0.05, 0) is 38.5 Å². The number of rotatable bonds is 14. The van der Waals surface area contributed by atoms with Crippen molar-refractivity contribution in [1.82, 2.24) is 0 Å². The minimum Gasteiger partial charge on any atom is -1.00 e. The predicted octanol–water partition coefficient (Wildman–Crippen LogP) is 1.37. The molecular formula is C17H38INO. The first-order valence-corrected chi connectivity index (χ1v) is 8.70. The molecular weight excluding hydrogens is 361 g/mol. The van der Waals surface area contributed by atoms with E-state index in [1.807, 2.05) is 0 Å². The van der Waals surface area contributed by atoms with Crippen molar-refractivity contribution in [3.05, 3.63) is 0 Å². The van der Waals surface area contributed by atoms with E-state index in [4.69, 9.17) is 5.11 Å². The summed E-state index contributed by atoms with van der Waals surface area (Å²) in [5.74, 6) is 0. The first-order valence-electron chi connectivity index (χ1n) is 8.70. The van der Waals surface area contributed by atoms with Crippen molar-refractivity contribution < 1.29 is 33.6 Å². The van der Waals surface area contributed by atoms with E-state index in [9.17, 15) is 0 Å². The molecule has 0 aliphatic carbocycles. The number of quaternary nitrogens is 1. The molecule has 0 spiro atoms. The van der Waals surface area contributed by atoms with Crippen LogP contribution >= 0.6 is 0 Å². The lowest BCUT2D eigenvalue weighted by atomic mass is 10.1. The SMILES string of the molecule is CCCCC[N+](CCCC)(CCCC)CCCCO.[I-]. The Morgan fingerprint density at radius 2 is 1.00 bits per heavy atom. The Balaban J connectivity index is 0. The lowest BCUT2D eigenvalue weighted by Gasteiger charge is -2.39. The molecule has 0 saturated heterocycles.